The largest absolute Gasteiger partial charge is 0.388 e. The number of aliphatic imine (C=N–C) groups is 1. The smallest absolute Gasteiger partial charge is 0.217 e. The molecular formula is C12H17N3O. The van der Waals surface area contributed by atoms with Crippen LogP contribution in [0.1, 0.15) is 25.0 Å². The van der Waals surface area contributed by atoms with Gasteiger partial charge in [-0.2, -0.15) is 0 Å². The molecule has 0 spiro atoms. The zero-order valence-corrected chi connectivity index (χ0v) is 9.66. The van der Waals surface area contributed by atoms with E-state index in [0.717, 1.165) is 11.1 Å². The minimum absolute atomic E-state index is 0.0266. The van der Waals surface area contributed by atoms with Gasteiger partial charge in [-0.25, -0.2) is 0 Å². The lowest BCUT2D eigenvalue weighted by molar-refractivity contribution is -0.119. The van der Waals surface area contributed by atoms with Crippen molar-refractivity contribution in [2.45, 2.75) is 26.9 Å². The van der Waals surface area contributed by atoms with Gasteiger partial charge in [0, 0.05) is 13.5 Å². The molecule has 3 N–H and O–H groups in total. The summed E-state index contributed by atoms with van der Waals surface area (Å²) in [5, 5.41) is 2.75. The van der Waals surface area contributed by atoms with Crippen LogP contribution in [0.25, 0.3) is 0 Å². The molecule has 1 rings (SSSR count). The Kier molecular flexibility index (Phi) is 4.51. The highest BCUT2D eigenvalue weighted by Crippen LogP contribution is 2.06. The second kappa shape index (κ2) is 5.90. The van der Waals surface area contributed by atoms with Gasteiger partial charge in [0.05, 0.1) is 12.4 Å². The van der Waals surface area contributed by atoms with E-state index in [2.05, 4.69) is 10.3 Å². The number of hydrogen-bond acceptors (Lipinski definition) is 2. The fourth-order valence-corrected chi connectivity index (χ4v) is 1.28. The Morgan fingerprint density at radius 2 is 2.06 bits per heavy atom. The van der Waals surface area contributed by atoms with Gasteiger partial charge in [0.2, 0.25) is 5.91 Å². The molecule has 0 bridgehead atoms. The summed E-state index contributed by atoms with van der Waals surface area (Å²) in [6, 6.07) is 7.93. The molecule has 0 aliphatic heterocycles. The molecule has 1 aromatic rings. The predicted octanol–water partition coefficient (Wildman–Crippen LogP) is 1.20. The molecule has 86 valence electrons. The van der Waals surface area contributed by atoms with Crippen LogP contribution in [-0.2, 0) is 17.9 Å². The Bertz CT molecular complexity index is 395. The van der Waals surface area contributed by atoms with Crippen LogP contribution in [0.5, 0.6) is 0 Å². The average molecular weight is 219 g/mol. The number of rotatable bonds is 4. The zero-order valence-electron chi connectivity index (χ0n) is 9.66. The van der Waals surface area contributed by atoms with Crippen molar-refractivity contribution in [3.8, 4) is 0 Å². The summed E-state index contributed by atoms with van der Waals surface area (Å²) in [6.45, 7) is 4.40. The summed E-state index contributed by atoms with van der Waals surface area (Å²) in [4.78, 5) is 14.9. The van der Waals surface area contributed by atoms with E-state index < -0.39 is 0 Å². The van der Waals surface area contributed by atoms with Crippen LogP contribution in [0.3, 0.4) is 0 Å². The maximum atomic E-state index is 10.8. The molecule has 16 heavy (non-hydrogen) atoms. The van der Waals surface area contributed by atoms with E-state index in [9.17, 15) is 4.79 Å². The lowest BCUT2D eigenvalue weighted by Crippen LogP contribution is -2.18. The van der Waals surface area contributed by atoms with Gasteiger partial charge in [0.25, 0.3) is 0 Å². The van der Waals surface area contributed by atoms with Gasteiger partial charge in [-0.3, -0.25) is 9.79 Å². The number of amidine groups is 1. The second-order valence-electron chi connectivity index (χ2n) is 3.69. The quantitative estimate of drug-likeness (QED) is 0.590. The minimum atomic E-state index is -0.0266. The van der Waals surface area contributed by atoms with Crippen molar-refractivity contribution in [2.24, 2.45) is 10.7 Å². The standard InChI is InChI=1S/C12H17N3O/c1-9(13)14-7-11-4-3-5-12(6-11)8-15-10(2)16/h3-6H,7-8H2,1-2H3,(H2,13,14)(H,15,16). The summed E-state index contributed by atoms with van der Waals surface area (Å²) in [5.41, 5.74) is 7.63. The summed E-state index contributed by atoms with van der Waals surface area (Å²) < 4.78 is 0. The highest BCUT2D eigenvalue weighted by molar-refractivity contribution is 5.77. The van der Waals surface area contributed by atoms with Crippen molar-refractivity contribution in [1.82, 2.24) is 5.32 Å². The van der Waals surface area contributed by atoms with Crippen LogP contribution in [0.15, 0.2) is 29.3 Å². The van der Waals surface area contributed by atoms with Crippen LogP contribution >= 0.6 is 0 Å². The lowest BCUT2D eigenvalue weighted by Gasteiger charge is -2.04. The van der Waals surface area contributed by atoms with Crippen LogP contribution in [0, 0.1) is 0 Å². The molecule has 0 aliphatic carbocycles. The minimum Gasteiger partial charge on any atom is -0.388 e. The molecule has 0 heterocycles. The number of nitrogens with one attached hydrogen (secondary N) is 1. The number of carbonyl (C=O) groups is 1. The van der Waals surface area contributed by atoms with Gasteiger partial charge in [-0.05, 0) is 18.1 Å². The third-order valence-electron chi connectivity index (χ3n) is 2.04. The van der Waals surface area contributed by atoms with Crippen molar-refractivity contribution in [1.29, 1.82) is 0 Å². The van der Waals surface area contributed by atoms with Crippen LogP contribution in [0.4, 0.5) is 0 Å². The van der Waals surface area contributed by atoms with Gasteiger partial charge >= 0.3 is 0 Å². The molecule has 0 aliphatic rings. The van der Waals surface area contributed by atoms with E-state index in [0.29, 0.717) is 18.9 Å². The molecule has 4 nitrogen and oxygen atoms in total. The highest BCUT2D eigenvalue weighted by Gasteiger charge is 1.96. The summed E-state index contributed by atoms with van der Waals surface area (Å²) in [6.07, 6.45) is 0. The van der Waals surface area contributed by atoms with E-state index in [1.165, 1.54) is 6.92 Å². The molecule has 1 aromatic carbocycles. The zero-order chi connectivity index (χ0) is 12.0. The normalized spacial score (nSPS) is 11.2. The van der Waals surface area contributed by atoms with E-state index in [1.54, 1.807) is 6.92 Å². The third-order valence-corrected chi connectivity index (χ3v) is 2.04. The number of carbonyl (C=O) groups excluding carboxylic acids is 1. The lowest BCUT2D eigenvalue weighted by atomic mass is 10.1. The maximum absolute atomic E-state index is 10.8. The first-order valence-corrected chi connectivity index (χ1v) is 5.16. The second-order valence-corrected chi connectivity index (χ2v) is 3.69. The topological polar surface area (TPSA) is 67.5 Å². The molecule has 4 heteroatoms. The van der Waals surface area contributed by atoms with E-state index in [-0.39, 0.29) is 5.91 Å². The average Bonchev–Trinajstić information content (AvgIpc) is 2.24. The predicted molar refractivity (Wildman–Crippen MR) is 65.0 cm³/mol. The Morgan fingerprint density at radius 1 is 1.38 bits per heavy atom. The Morgan fingerprint density at radius 3 is 2.69 bits per heavy atom. The van der Waals surface area contributed by atoms with Crippen molar-refractivity contribution in [3.63, 3.8) is 0 Å². The van der Waals surface area contributed by atoms with Crippen molar-refractivity contribution >= 4 is 11.7 Å². The molecule has 1 amide bonds. The Labute approximate surface area is 95.6 Å². The van der Waals surface area contributed by atoms with Crippen molar-refractivity contribution in [2.75, 3.05) is 0 Å². The first-order valence-electron chi connectivity index (χ1n) is 5.16. The summed E-state index contributed by atoms with van der Waals surface area (Å²) in [5.74, 6) is 0.550. The molecule has 0 unspecified atom stereocenters. The van der Waals surface area contributed by atoms with Crippen LogP contribution < -0.4 is 11.1 Å². The number of hydrogen-bond donors (Lipinski definition) is 2. The molecule has 0 aromatic heterocycles. The molecule has 0 saturated carbocycles. The van der Waals surface area contributed by atoms with E-state index in [1.807, 2.05) is 24.3 Å². The monoisotopic (exact) mass is 219 g/mol. The molecule has 0 atom stereocenters. The van der Waals surface area contributed by atoms with Gasteiger partial charge < -0.3 is 11.1 Å². The van der Waals surface area contributed by atoms with E-state index in [4.69, 9.17) is 5.73 Å². The molecule has 0 radical (unpaired) electrons. The Hall–Kier alpha value is -1.84. The first kappa shape index (κ1) is 12.2. The number of amides is 1. The number of benzene rings is 1. The summed E-state index contributed by atoms with van der Waals surface area (Å²) in [7, 11) is 0. The van der Waals surface area contributed by atoms with Gasteiger partial charge in [0.1, 0.15) is 0 Å². The van der Waals surface area contributed by atoms with Gasteiger partial charge in [0.15, 0.2) is 0 Å². The summed E-state index contributed by atoms with van der Waals surface area (Å²) >= 11 is 0. The fourth-order valence-electron chi connectivity index (χ4n) is 1.28. The Balaban J connectivity index is 2.63. The fraction of sp³-hybridized carbons (Fsp3) is 0.333. The SMILES string of the molecule is CC(=O)NCc1cccc(CN=C(C)N)c1. The molecule has 0 fully saturated rings. The van der Waals surface area contributed by atoms with Gasteiger partial charge in [-0.1, -0.05) is 24.3 Å². The van der Waals surface area contributed by atoms with Crippen LogP contribution in [0.2, 0.25) is 0 Å². The van der Waals surface area contributed by atoms with Gasteiger partial charge in [-0.15, -0.1) is 0 Å². The first-order chi connectivity index (χ1) is 7.58. The van der Waals surface area contributed by atoms with E-state index >= 15 is 0 Å². The van der Waals surface area contributed by atoms with Crippen LogP contribution in [-0.4, -0.2) is 11.7 Å². The maximum Gasteiger partial charge on any atom is 0.217 e. The molecular weight excluding hydrogens is 202 g/mol. The third kappa shape index (κ3) is 4.59. The number of nitrogens with two attached hydrogens (primary N) is 1. The van der Waals surface area contributed by atoms with Crippen molar-refractivity contribution in [3.05, 3.63) is 35.4 Å². The highest BCUT2D eigenvalue weighted by atomic mass is 16.1. The van der Waals surface area contributed by atoms with Crippen molar-refractivity contribution < 1.29 is 4.79 Å². The molecule has 0 saturated heterocycles. The number of nitrogens with zero attached hydrogens (tertiary/aromatic N) is 1.